The molecule has 1 N–H and O–H groups in total. The second-order valence-corrected chi connectivity index (χ2v) is 10.1. The number of halogens is 2. The Hall–Kier alpha value is -2.06. The van der Waals surface area contributed by atoms with Gasteiger partial charge in [0.2, 0.25) is 17.6 Å². The monoisotopic (exact) mass is 504 g/mol. The van der Waals surface area contributed by atoms with E-state index in [1.165, 1.54) is 4.90 Å². The molecule has 1 aromatic heterocycles. The molecule has 0 aliphatic carbocycles. The Morgan fingerprint density at radius 3 is 2.42 bits per heavy atom. The van der Waals surface area contributed by atoms with Crippen LogP contribution in [0.4, 0.5) is 0 Å². The maximum atomic E-state index is 12.5. The van der Waals surface area contributed by atoms with E-state index in [2.05, 4.69) is 20.4 Å². The number of carbonyl (C=O) groups excluding carboxylic acids is 1. The summed E-state index contributed by atoms with van der Waals surface area (Å²) in [6.45, 7) is 2.97. The minimum Gasteiger partial charge on any atom is -0.356 e. The first kappa shape index (κ1) is 24.1. The first-order chi connectivity index (χ1) is 16.1. The molecule has 0 spiro atoms. The topological polar surface area (TPSA) is 71.3 Å². The number of thioether (sulfide) groups is 1. The summed E-state index contributed by atoms with van der Waals surface area (Å²) < 4.78 is 5.42. The number of nitrogens with zero attached hydrogens (tertiary/aromatic N) is 3. The highest BCUT2D eigenvalue weighted by Gasteiger charge is 2.25. The van der Waals surface area contributed by atoms with Gasteiger partial charge in [0, 0.05) is 33.0 Å². The van der Waals surface area contributed by atoms with Crippen LogP contribution in [0.3, 0.4) is 0 Å². The Balaban J connectivity index is 1.13. The quantitative estimate of drug-likeness (QED) is 0.304. The van der Waals surface area contributed by atoms with Gasteiger partial charge >= 0.3 is 0 Å². The van der Waals surface area contributed by atoms with Crippen molar-refractivity contribution >= 4 is 40.9 Å². The van der Waals surface area contributed by atoms with Crippen molar-refractivity contribution in [2.75, 3.05) is 25.4 Å². The van der Waals surface area contributed by atoms with Crippen molar-refractivity contribution in [1.29, 1.82) is 0 Å². The summed E-state index contributed by atoms with van der Waals surface area (Å²) in [5.41, 5.74) is 0.872. The number of piperidine rings is 1. The van der Waals surface area contributed by atoms with Crippen molar-refractivity contribution in [2.24, 2.45) is 5.92 Å². The number of carbonyl (C=O) groups is 1. The SMILES string of the molecule is O=C(NCCCSc1ccc(Cl)cc1)C1CCN(Cc2nc(-c3ccc(Cl)cc3)no2)CC1. The second kappa shape index (κ2) is 11.9. The molecular formula is C24H26Cl2N4O2S. The van der Waals surface area contributed by atoms with Crippen molar-refractivity contribution < 1.29 is 9.32 Å². The van der Waals surface area contributed by atoms with Crippen LogP contribution in [0.2, 0.25) is 10.0 Å². The van der Waals surface area contributed by atoms with Crippen molar-refractivity contribution in [2.45, 2.75) is 30.7 Å². The van der Waals surface area contributed by atoms with Gasteiger partial charge in [-0.25, -0.2) is 0 Å². The lowest BCUT2D eigenvalue weighted by Crippen LogP contribution is -2.40. The Labute approximate surface area is 208 Å². The van der Waals surface area contributed by atoms with Crippen LogP contribution < -0.4 is 5.32 Å². The summed E-state index contributed by atoms with van der Waals surface area (Å²) in [6.07, 6.45) is 2.61. The van der Waals surface area contributed by atoms with Crippen molar-refractivity contribution in [3.05, 3.63) is 64.5 Å². The van der Waals surface area contributed by atoms with Gasteiger partial charge in [0.15, 0.2) is 0 Å². The molecule has 6 nitrogen and oxygen atoms in total. The maximum Gasteiger partial charge on any atom is 0.241 e. The van der Waals surface area contributed by atoms with Crippen LogP contribution in [0.1, 0.15) is 25.2 Å². The van der Waals surface area contributed by atoms with E-state index in [-0.39, 0.29) is 11.8 Å². The Morgan fingerprint density at radius 1 is 1.06 bits per heavy atom. The van der Waals surface area contributed by atoms with Gasteiger partial charge in [0.25, 0.3) is 0 Å². The summed E-state index contributed by atoms with van der Waals surface area (Å²) >= 11 is 13.6. The molecular weight excluding hydrogens is 479 g/mol. The number of amides is 1. The van der Waals surface area contributed by atoms with Crippen LogP contribution in [0.15, 0.2) is 57.9 Å². The number of benzene rings is 2. The molecule has 1 amide bonds. The van der Waals surface area contributed by atoms with Crippen LogP contribution in [0, 0.1) is 5.92 Å². The molecule has 0 unspecified atom stereocenters. The van der Waals surface area contributed by atoms with Gasteiger partial charge in [-0.15, -0.1) is 11.8 Å². The molecule has 0 atom stereocenters. The molecule has 4 rings (SSSR count). The standard InChI is InChI=1S/C24H26Cl2N4O2S/c25-19-4-2-17(3-5-19)23-28-22(32-29-23)16-30-13-10-18(11-14-30)24(31)27-12-1-15-33-21-8-6-20(26)7-9-21/h2-9,18H,1,10-16H2,(H,27,31). The van der Waals surface area contributed by atoms with Crippen LogP contribution in [0.25, 0.3) is 11.4 Å². The van der Waals surface area contributed by atoms with Crippen LogP contribution in [0.5, 0.6) is 0 Å². The first-order valence-corrected chi connectivity index (χ1v) is 12.8. The average Bonchev–Trinajstić information content (AvgIpc) is 3.29. The van der Waals surface area contributed by atoms with Gasteiger partial charge < -0.3 is 9.84 Å². The van der Waals surface area contributed by atoms with E-state index >= 15 is 0 Å². The fraction of sp³-hybridized carbons (Fsp3) is 0.375. The van der Waals surface area contributed by atoms with E-state index in [0.717, 1.165) is 48.7 Å². The third-order valence-electron chi connectivity index (χ3n) is 5.59. The summed E-state index contributed by atoms with van der Waals surface area (Å²) in [6, 6.07) is 15.2. The molecule has 1 fully saturated rings. The van der Waals surface area contributed by atoms with Gasteiger partial charge in [0.1, 0.15) is 0 Å². The zero-order chi connectivity index (χ0) is 23.0. The summed E-state index contributed by atoms with van der Waals surface area (Å²) in [5, 5.41) is 8.58. The van der Waals surface area contributed by atoms with Gasteiger partial charge in [-0.2, -0.15) is 4.98 Å². The number of hydrogen-bond acceptors (Lipinski definition) is 6. The molecule has 2 aromatic carbocycles. The lowest BCUT2D eigenvalue weighted by molar-refractivity contribution is -0.126. The Morgan fingerprint density at radius 2 is 1.73 bits per heavy atom. The molecule has 1 saturated heterocycles. The van der Waals surface area contributed by atoms with E-state index in [1.54, 1.807) is 23.9 Å². The molecule has 3 aromatic rings. The zero-order valence-corrected chi connectivity index (χ0v) is 20.5. The lowest BCUT2D eigenvalue weighted by atomic mass is 9.96. The minimum atomic E-state index is 0.0671. The minimum absolute atomic E-state index is 0.0671. The fourth-order valence-electron chi connectivity index (χ4n) is 3.73. The molecule has 2 heterocycles. The van der Waals surface area contributed by atoms with Gasteiger partial charge in [0.05, 0.1) is 6.54 Å². The van der Waals surface area contributed by atoms with E-state index < -0.39 is 0 Å². The molecule has 0 bridgehead atoms. The van der Waals surface area contributed by atoms with Crippen molar-refractivity contribution in [3.8, 4) is 11.4 Å². The largest absolute Gasteiger partial charge is 0.356 e. The number of nitrogens with one attached hydrogen (secondary N) is 1. The third kappa shape index (κ3) is 7.21. The normalized spacial score (nSPS) is 15.0. The second-order valence-electron chi connectivity index (χ2n) is 8.02. The molecule has 0 radical (unpaired) electrons. The highest BCUT2D eigenvalue weighted by atomic mass is 35.5. The molecule has 33 heavy (non-hydrogen) atoms. The van der Waals surface area contributed by atoms with Crippen molar-refractivity contribution in [1.82, 2.24) is 20.4 Å². The maximum absolute atomic E-state index is 12.5. The van der Waals surface area contributed by atoms with Crippen LogP contribution in [-0.4, -0.2) is 46.3 Å². The van der Waals surface area contributed by atoms with Gasteiger partial charge in [-0.05, 0) is 86.6 Å². The molecule has 9 heteroatoms. The van der Waals surface area contributed by atoms with Crippen LogP contribution in [-0.2, 0) is 11.3 Å². The van der Waals surface area contributed by atoms with Gasteiger partial charge in [-0.1, -0.05) is 28.4 Å². The number of rotatable bonds is 9. The van der Waals surface area contributed by atoms with E-state index in [1.807, 2.05) is 36.4 Å². The van der Waals surface area contributed by atoms with Crippen LogP contribution >= 0.6 is 35.0 Å². The third-order valence-corrected chi connectivity index (χ3v) is 7.19. The molecule has 0 saturated carbocycles. The summed E-state index contributed by atoms with van der Waals surface area (Å²) in [4.78, 5) is 20.5. The molecule has 1 aliphatic rings. The van der Waals surface area contributed by atoms with E-state index in [9.17, 15) is 4.79 Å². The lowest BCUT2D eigenvalue weighted by Gasteiger charge is -2.30. The average molecular weight is 505 g/mol. The van der Waals surface area contributed by atoms with Gasteiger partial charge in [-0.3, -0.25) is 9.69 Å². The first-order valence-electron chi connectivity index (χ1n) is 11.0. The molecule has 1 aliphatic heterocycles. The Bertz CT molecular complexity index is 1040. The van der Waals surface area contributed by atoms with Crippen molar-refractivity contribution in [3.63, 3.8) is 0 Å². The number of likely N-dealkylation sites (tertiary alicyclic amines) is 1. The highest BCUT2D eigenvalue weighted by molar-refractivity contribution is 7.99. The predicted octanol–water partition coefficient (Wildman–Crippen LogP) is 5.55. The van der Waals surface area contributed by atoms with E-state index in [0.29, 0.717) is 29.8 Å². The Kier molecular flexibility index (Phi) is 8.67. The number of hydrogen-bond donors (Lipinski definition) is 1. The van der Waals surface area contributed by atoms with E-state index in [4.69, 9.17) is 27.7 Å². The summed E-state index contributed by atoms with van der Waals surface area (Å²) in [5.74, 6) is 2.33. The zero-order valence-electron chi connectivity index (χ0n) is 18.2. The summed E-state index contributed by atoms with van der Waals surface area (Å²) in [7, 11) is 0. The smallest absolute Gasteiger partial charge is 0.241 e. The highest BCUT2D eigenvalue weighted by Crippen LogP contribution is 2.23. The number of aromatic nitrogens is 2. The fourth-order valence-corrected chi connectivity index (χ4v) is 4.83. The predicted molar refractivity (Wildman–Crippen MR) is 133 cm³/mol. The molecule has 174 valence electrons.